The average Bonchev–Trinajstić information content (AvgIpc) is 2.92. The van der Waals surface area contributed by atoms with Crippen molar-refractivity contribution in [2.75, 3.05) is 16.8 Å². The van der Waals surface area contributed by atoms with E-state index >= 15 is 0 Å². The molecule has 1 fully saturated rings. The van der Waals surface area contributed by atoms with Gasteiger partial charge in [0.15, 0.2) is 0 Å². The van der Waals surface area contributed by atoms with Gasteiger partial charge in [0.1, 0.15) is 6.04 Å². The minimum absolute atomic E-state index is 0.0743. The smallest absolute Gasteiger partial charge is 0.326 e. The number of nitrogens with zero attached hydrogens (tertiary/aromatic N) is 2. The van der Waals surface area contributed by atoms with E-state index in [9.17, 15) is 14.4 Å². The molecule has 0 radical (unpaired) electrons. The summed E-state index contributed by atoms with van der Waals surface area (Å²) in [5.41, 5.74) is 3.36. The fourth-order valence-electron chi connectivity index (χ4n) is 3.65. The maximum absolute atomic E-state index is 13.2. The Kier molecular flexibility index (Phi) is 6.55. The molecule has 0 aromatic heterocycles. The minimum Gasteiger partial charge on any atom is -0.326 e. The molecule has 1 saturated heterocycles. The molecule has 3 rings (SSSR count). The number of carbonyl (C=O) groups excluding carboxylic acids is 3. The van der Waals surface area contributed by atoms with E-state index in [1.807, 2.05) is 57.2 Å². The topological polar surface area (TPSA) is 69.7 Å². The van der Waals surface area contributed by atoms with Crippen molar-refractivity contribution in [1.82, 2.24) is 4.90 Å². The molecule has 1 aliphatic rings. The van der Waals surface area contributed by atoms with E-state index in [2.05, 4.69) is 12.2 Å². The van der Waals surface area contributed by atoms with E-state index in [0.29, 0.717) is 17.9 Å². The number of anilines is 2. The van der Waals surface area contributed by atoms with Gasteiger partial charge in [0, 0.05) is 12.2 Å². The first kappa shape index (κ1) is 21.6. The Bertz CT molecular complexity index is 937. The summed E-state index contributed by atoms with van der Waals surface area (Å²) in [6.45, 7) is 8.36. The van der Waals surface area contributed by atoms with E-state index < -0.39 is 6.04 Å². The first-order valence-corrected chi connectivity index (χ1v) is 10.4. The molecule has 2 aromatic carbocycles. The number of rotatable bonds is 7. The summed E-state index contributed by atoms with van der Waals surface area (Å²) in [7, 11) is 0. The van der Waals surface area contributed by atoms with Gasteiger partial charge in [-0.15, -0.1) is 0 Å². The Hall–Kier alpha value is -3.15. The Labute approximate surface area is 177 Å². The zero-order valence-corrected chi connectivity index (χ0v) is 18.0. The zero-order valence-electron chi connectivity index (χ0n) is 18.0. The van der Waals surface area contributed by atoms with Crippen molar-refractivity contribution in [1.29, 1.82) is 0 Å². The molecular formula is C24H29N3O3. The third-order valence-electron chi connectivity index (χ3n) is 5.17. The van der Waals surface area contributed by atoms with E-state index in [-0.39, 0.29) is 30.2 Å². The molecule has 2 aromatic rings. The van der Waals surface area contributed by atoms with E-state index in [1.165, 1.54) is 15.4 Å². The molecule has 4 amide bonds. The third kappa shape index (κ3) is 4.70. The molecular weight excluding hydrogens is 378 g/mol. The van der Waals surface area contributed by atoms with Crippen molar-refractivity contribution >= 4 is 29.2 Å². The molecule has 6 nitrogen and oxygen atoms in total. The molecule has 0 saturated carbocycles. The van der Waals surface area contributed by atoms with Crippen LogP contribution in [-0.2, 0) is 16.0 Å². The number of amides is 4. The number of nitrogens with one attached hydrogen (secondary N) is 1. The van der Waals surface area contributed by atoms with E-state index in [0.717, 1.165) is 12.0 Å². The fraction of sp³-hybridized carbons (Fsp3) is 0.375. The van der Waals surface area contributed by atoms with E-state index in [4.69, 9.17) is 0 Å². The molecule has 1 N–H and O–H groups in total. The lowest BCUT2D eigenvalue weighted by atomic mass is 10.1. The number of hydrogen-bond acceptors (Lipinski definition) is 3. The molecule has 1 atom stereocenters. The highest BCUT2D eigenvalue weighted by Gasteiger charge is 2.46. The second kappa shape index (κ2) is 9.11. The lowest BCUT2D eigenvalue weighted by Crippen LogP contribution is -2.40. The summed E-state index contributed by atoms with van der Waals surface area (Å²) >= 11 is 0. The van der Waals surface area contributed by atoms with Gasteiger partial charge in [0.05, 0.1) is 12.1 Å². The van der Waals surface area contributed by atoms with Gasteiger partial charge in [-0.2, -0.15) is 0 Å². The highest BCUT2D eigenvalue weighted by molar-refractivity contribution is 6.22. The first-order valence-electron chi connectivity index (χ1n) is 10.4. The number of benzene rings is 2. The van der Waals surface area contributed by atoms with Crippen LogP contribution >= 0.6 is 0 Å². The Balaban J connectivity index is 1.80. The van der Waals surface area contributed by atoms with E-state index in [1.54, 1.807) is 12.1 Å². The number of urea groups is 1. The van der Waals surface area contributed by atoms with Crippen LogP contribution in [0.25, 0.3) is 0 Å². The maximum atomic E-state index is 13.2. The standard InChI is InChI=1S/C24H29N3O3/c1-5-18-9-11-19(12-10-18)25-22(28)14-21-23(29)27(20-8-6-7-17(4)13-20)24(30)26(21)15-16(2)3/h6-13,16,21H,5,14-15H2,1-4H3,(H,25,28)/t21-/m1/s1. The van der Waals surface area contributed by atoms with Crippen LogP contribution in [0.15, 0.2) is 48.5 Å². The second-order valence-electron chi connectivity index (χ2n) is 8.16. The highest BCUT2D eigenvalue weighted by Crippen LogP contribution is 2.28. The summed E-state index contributed by atoms with van der Waals surface area (Å²) in [6.07, 6.45) is 0.848. The molecule has 1 heterocycles. The molecule has 1 aliphatic heterocycles. The molecule has 6 heteroatoms. The van der Waals surface area contributed by atoms with Crippen molar-refractivity contribution in [2.45, 2.75) is 46.6 Å². The summed E-state index contributed by atoms with van der Waals surface area (Å²) in [6, 6.07) is 13.7. The lowest BCUT2D eigenvalue weighted by Gasteiger charge is -2.23. The van der Waals surface area contributed by atoms with Crippen LogP contribution in [0.3, 0.4) is 0 Å². The summed E-state index contributed by atoms with van der Waals surface area (Å²) < 4.78 is 0. The summed E-state index contributed by atoms with van der Waals surface area (Å²) in [5.74, 6) is -0.473. The monoisotopic (exact) mass is 407 g/mol. The van der Waals surface area contributed by atoms with Crippen molar-refractivity contribution in [3.63, 3.8) is 0 Å². The number of carbonyl (C=O) groups is 3. The number of imide groups is 1. The Morgan fingerprint density at radius 3 is 2.40 bits per heavy atom. The van der Waals surface area contributed by atoms with Crippen LogP contribution < -0.4 is 10.2 Å². The van der Waals surface area contributed by atoms with Gasteiger partial charge in [-0.25, -0.2) is 9.69 Å². The average molecular weight is 408 g/mol. The summed E-state index contributed by atoms with van der Waals surface area (Å²) in [5, 5.41) is 2.85. The molecule has 0 aliphatic carbocycles. The molecule has 0 unspecified atom stereocenters. The molecule has 158 valence electrons. The van der Waals surface area contributed by atoms with Gasteiger partial charge in [-0.05, 0) is 54.7 Å². The predicted octanol–water partition coefficient (Wildman–Crippen LogP) is 4.38. The van der Waals surface area contributed by atoms with Gasteiger partial charge in [-0.1, -0.05) is 45.0 Å². The molecule has 30 heavy (non-hydrogen) atoms. The van der Waals surface area contributed by atoms with Crippen molar-refractivity contribution in [2.24, 2.45) is 5.92 Å². The fourth-order valence-corrected chi connectivity index (χ4v) is 3.65. The van der Waals surface area contributed by atoms with Gasteiger partial charge in [0.2, 0.25) is 5.91 Å². The Morgan fingerprint density at radius 2 is 1.80 bits per heavy atom. The van der Waals surface area contributed by atoms with Crippen molar-refractivity contribution < 1.29 is 14.4 Å². The predicted molar refractivity (Wildman–Crippen MR) is 118 cm³/mol. The number of hydrogen-bond donors (Lipinski definition) is 1. The van der Waals surface area contributed by atoms with Gasteiger partial charge >= 0.3 is 6.03 Å². The van der Waals surface area contributed by atoms with Gasteiger partial charge in [-0.3, -0.25) is 9.59 Å². The van der Waals surface area contributed by atoms with Gasteiger partial charge in [0.25, 0.3) is 5.91 Å². The zero-order chi connectivity index (χ0) is 21.8. The first-order chi connectivity index (χ1) is 14.3. The Morgan fingerprint density at radius 1 is 1.10 bits per heavy atom. The van der Waals surface area contributed by atoms with Crippen molar-refractivity contribution in [3.05, 3.63) is 59.7 Å². The van der Waals surface area contributed by atoms with Crippen LogP contribution in [0, 0.1) is 12.8 Å². The quantitative estimate of drug-likeness (QED) is 0.693. The maximum Gasteiger partial charge on any atom is 0.332 e. The SMILES string of the molecule is CCc1ccc(NC(=O)C[C@@H]2C(=O)N(c3cccc(C)c3)C(=O)N2CC(C)C)cc1. The number of aryl methyl sites for hydroxylation is 2. The van der Waals surface area contributed by atoms with Crippen LogP contribution in [-0.4, -0.2) is 35.3 Å². The molecule has 0 spiro atoms. The van der Waals surface area contributed by atoms with Crippen molar-refractivity contribution in [3.8, 4) is 0 Å². The largest absolute Gasteiger partial charge is 0.332 e. The van der Waals surface area contributed by atoms with Crippen LogP contribution in [0.2, 0.25) is 0 Å². The van der Waals surface area contributed by atoms with Crippen LogP contribution in [0.1, 0.15) is 38.3 Å². The molecule has 0 bridgehead atoms. The summed E-state index contributed by atoms with van der Waals surface area (Å²) in [4.78, 5) is 41.7. The minimum atomic E-state index is -0.810. The lowest BCUT2D eigenvalue weighted by molar-refractivity contribution is -0.124. The highest BCUT2D eigenvalue weighted by atomic mass is 16.2. The third-order valence-corrected chi connectivity index (χ3v) is 5.17. The van der Waals surface area contributed by atoms with Crippen LogP contribution in [0.5, 0.6) is 0 Å². The normalized spacial score (nSPS) is 16.5. The van der Waals surface area contributed by atoms with Gasteiger partial charge < -0.3 is 10.2 Å². The second-order valence-corrected chi connectivity index (χ2v) is 8.16. The van der Waals surface area contributed by atoms with Crippen LogP contribution in [0.4, 0.5) is 16.2 Å².